The molecule has 0 amide bonds. The van der Waals surface area contributed by atoms with Crippen molar-refractivity contribution in [1.29, 1.82) is 0 Å². The molecule has 0 aliphatic carbocycles. The minimum absolute atomic E-state index is 0.151. The molecule has 9 nitrogen and oxygen atoms in total. The Kier molecular flexibility index (Phi) is 5.55. The number of furan rings is 1. The topological polar surface area (TPSA) is 116 Å². The highest BCUT2D eigenvalue weighted by Crippen LogP contribution is 2.28. The number of fused-ring (bicyclic) bond motifs is 1. The molecule has 4 rings (SSSR count). The summed E-state index contributed by atoms with van der Waals surface area (Å²) < 4.78 is 23.6. The highest BCUT2D eigenvalue weighted by molar-refractivity contribution is 5.72. The molecule has 2 fully saturated rings. The molecule has 2 N–H and O–H groups in total. The standard InChI is InChI=1S/C18H24N2O7/c21-10-14-13(22)8-15(27-14)20-9-11-7-12(26-17(11)19-18(20)23)3-1-4-16-24-5-2-6-25-16/h7,9,13-16,21-22H,1-6,8,10H2/t13-,14+,15+/m0/s1. The van der Waals surface area contributed by atoms with Crippen LogP contribution in [0.1, 0.15) is 37.7 Å². The zero-order chi connectivity index (χ0) is 18.8. The van der Waals surface area contributed by atoms with Gasteiger partial charge < -0.3 is 28.8 Å². The van der Waals surface area contributed by atoms with Crippen molar-refractivity contribution in [2.75, 3.05) is 19.8 Å². The Hall–Kier alpha value is -1.78. The molecule has 2 aromatic rings. The van der Waals surface area contributed by atoms with E-state index >= 15 is 0 Å². The van der Waals surface area contributed by atoms with Crippen molar-refractivity contribution >= 4 is 11.1 Å². The second kappa shape index (κ2) is 8.07. The molecule has 2 aliphatic heterocycles. The van der Waals surface area contributed by atoms with Crippen LogP contribution in [-0.4, -0.2) is 58.1 Å². The van der Waals surface area contributed by atoms with Crippen LogP contribution in [0.15, 0.2) is 21.5 Å². The summed E-state index contributed by atoms with van der Waals surface area (Å²) in [7, 11) is 0. The van der Waals surface area contributed by atoms with Crippen LogP contribution in [0.3, 0.4) is 0 Å². The van der Waals surface area contributed by atoms with E-state index in [1.807, 2.05) is 6.07 Å². The van der Waals surface area contributed by atoms with E-state index in [2.05, 4.69) is 4.98 Å². The predicted molar refractivity (Wildman–Crippen MR) is 93.1 cm³/mol. The molecule has 0 radical (unpaired) electrons. The lowest BCUT2D eigenvalue weighted by atomic mass is 10.2. The van der Waals surface area contributed by atoms with Crippen molar-refractivity contribution in [2.24, 2.45) is 0 Å². The van der Waals surface area contributed by atoms with Gasteiger partial charge in [-0.3, -0.25) is 4.57 Å². The van der Waals surface area contributed by atoms with E-state index in [1.165, 1.54) is 4.57 Å². The highest BCUT2D eigenvalue weighted by atomic mass is 16.7. The first kappa shape index (κ1) is 18.6. The van der Waals surface area contributed by atoms with E-state index in [0.717, 1.165) is 38.2 Å². The maximum Gasteiger partial charge on any atom is 0.353 e. The zero-order valence-corrected chi connectivity index (χ0v) is 15.0. The third-order valence-corrected chi connectivity index (χ3v) is 4.94. The van der Waals surface area contributed by atoms with Gasteiger partial charge in [0.05, 0.1) is 31.3 Å². The van der Waals surface area contributed by atoms with Gasteiger partial charge in [-0.05, 0) is 25.3 Å². The number of nitrogens with zero attached hydrogens (tertiary/aromatic N) is 2. The molecule has 2 saturated heterocycles. The number of aryl methyl sites for hydroxylation is 1. The van der Waals surface area contributed by atoms with Crippen LogP contribution in [0.4, 0.5) is 0 Å². The maximum absolute atomic E-state index is 12.3. The van der Waals surface area contributed by atoms with E-state index in [-0.39, 0.29) is 25.0 Å². The van der Waals surface area contributed by atoms with E-state index < -0.39 is 24.1 Å². The van der Waals surface area contributed by atoms with Gasteiger partial charge in [0.1, 0.15) is 18.1 Å². The Bertz CT molecular complexity index is 827. The first-order chi connectivity index (χ1) is 13.1. The lowest BCUT2D eigenvalue weighted by molar-refractivity contribution is -0.181. The molecule has 148 valence electrons. The summed E-state index contributed by atoms with van der Waals surface area (Å²) >= 11 is 0. The number of hydrogen-bond acceptors (Lipinski definition) is 8. The largest absolute Gasteiger partial charge is 0.443 e. The van der Waals surface area contributed by atoms with E-state index in [0.29, 0.717) is 11.8 Å². The predicted octanol–water partition coefficient (Wildman–Crippen LogP) is 0.716. The molecule has 9 heteroatoms. The molecule has 0 unspecified atom stereocenters. The van der Waals surface area contributed by atoms with Gasteiger partial charge in [0.2, 0.25) is 5.71 Å². The summed E-state index contributed by atoms with van der Waals surface area (Å²) in [5, 5.41) is 19.8. The summed E-state index contributed by atoms with van der Waals surface area (Å²) in [6.45, 7) is 1.17. The van der Waals surface area contributed by atoms with Crippen LogP contribution in [0, 0.1) is 0 Å². The fourth-order valence-corrected chi connectivity index (χ4v) is 3.50. The average Bonchev–Trinajstić information content (AvgIpc) is 3.24. The average molecular weight is 380 g/mol. The van der Waals surface area contributed by atoms with Gasteiger partial charge in [-0.15, -0.1) is 0 Å². The van der Waals surface area contributed by atoms with Gasteiger partial charge in [-0.1, -0.05) is 0 Å². The van der Waals surface area contributed by atoms with Gasteiger partial charge in [0.15, 0.2) is 6.29 Å². The van der Waals surface area contributed by atoms with E-state index in [9.17, 15) is 15.0 Å². The van der Waals surface area contributed by atoms with Crippen molar-refractivity contribution in [2.45, 2.75) is 56.8 Å². The van der Waals surface area contributed by atoms with Crippen molar-refractivity contribution < 1.29 is 28.8 Å². The third-order valence-electron chi connectivity index (χ3n) is 4.94. The van der Waals surface area contributed by atoms with Crippen LogP contribution >= 0.6 is 0 Å². The van der Waals surface area contributed by atoms with Gasteiger partial charge in [0.25, 0.3) is 0 Å². The fraction of sp³-hybridized carbons (Fsp3) is 0.667. The lowest BCUT2D eigenvalue weighted by Gasteiger charge is -2.22. The number of aliphatic hydroxyl groups is 2. The minimum atomic E-state index is -0.813. The third kappa shape index (κ3) is 4.07. The van der Waals surface area contributed by atoms with Crippen LogP contribution in [-0.2, 0) is 20.6 Å². The Morgan fingerprint density at radius 3 is 2.85 bits per heavy atom. The van der Waals surface area contributed by atoms with Crippen LogP contribution in [0.25, 0.3) is 11.1 Å². The monoisotopic (exact) mass is 380 g/mol. The molecule has 0 saturated carbocycles. The Morgan fingerprint density at radius 2 is 2.11 bits per heavy atom. The summed E-state index contributed by atoms with van der Waals surface area (Å²) in [6.07, 6.45) is 2.80. The molecular weight excluding hydrogens is 356 g/mol. The van der Waals surface area contributed by atoms with Gasteiger partial charge in [-0.2, -0.15) is 4.98 Å². The lowest BCUT2D eigenvalue weighted by Crippen LogP contribution is -2.27. The normalized spacial score (nSPS) is 26.8. The van der Waals surface area contributed by atoms with E-state index in [1.54, 1.807) is 6.20 Å². The van der Waals surface area contributed by atoms with Crippen LogP contribution in [0.2, 0.25) is 0 Å². The van der Waals surface area contributed by atoms with Gasteiger partial charge in [0, 0.05) is 19.0 Å². The van der Waals surface area contributed by atoms with Crippen molar-refractivity contribution in [3.8, 4) is 0 Å². The molecule has 27 heavy (non-hydrogen) atoms. The molecule has 3 atom stereocenters. The molecule has 0 aromatic carbocycles. The van der Waals surface area contributed by atoms with Gasteiger partial charge in [-0.25, -0.2) is 4.79 Å². The summed E-state index contributed by atoms with van der Waals surface area (Å²) in [6, 6.07) is 1.86. The highest BCUT2D eigenvalue weighted by Gasteiger charge is 2.35. The van der Waals surface area contributed by atoms with E-state index in [4.69, 9.17) is 18.6 Å². The molecule has 0 spiro atoms. The summed E-state index contributed by atoms with van der Waals surface area (Å²) in [5.41, 5.74) is -0.225. The molecule has 2 aromatic heterocycles. The SMILES string of the molecule is O=c1nc2oc(CCCC3OCCCO3)cc2cn1[C@H]1C[C@H](O)[C@@H](CO)O1. The van der Waals surface area contributed by atoms with Crippen molar-refractivity contribution in [3.63, 3.8) is 0 Å². The Morgan fingerprint density at radius 1 is 1.30 bits per heavy atom. The number of ether oxygens (including phenoxy) is 3. The van der Waals surface area contributed by atoms with Gasteiger partial charge >= 0.3 is 5.69 Å². The zero-order valence-electron chi connectivity index (χ0n) is 15.0. The minimum Gasteiger partial charge on any atom is -0.443 e. The molecular formula is C18H24N2O7. The smallest absolute Gasteiger partial charge is 0.353 e. The Balaban J connectivity index is 1.44. The molecule has 2 aliphatic rings. The van der Waals surface area contributed by atoms with Crippen molar-refractivity contribution in [3.05, 3.63) is 28.5 Å². The second-order valence-corrected chi connectivity index (χ2v) is 6.94. The Labute approximate surface area is 155 Å². The second-order valence-electron chi connectivity index (χ2n) is 6.94. The number of hydrogen-bond donors (Lipinski definition) is 2. The van der Waals surface area contributed by atoms with Crippen LogP contribution in [0.5, 0.6) is 0 Å². The molecule has 4 heterocycles. The quantitative estimate of drug-likeness (QED) is 0.753. The maximum atomic E-state index is 12.3. The first-order valence-electron chi connectivity index (χ1n) is 9.33. The summed E-state index contributed by atoms with van der Waals surface area (Å²) in [4.78, 5) is 16.3. The molecule has 0 bridgehead atoms. The van der Waals surface area contributed by atoms with Crippen molar-refractivity contribution in [1.82, 2.24) is 9.55 Å². The fourth-order valence-electron chi connectivity index (χ4n) is 3.50. The first-order valence-corrected chi connectivity index (χ1v) is 9.33. The number of aromatic nitrogens is 2. The number of rotatable bonds is 6. The number of aliphatic hydroxyl groups excluding tert-OH is 2. The van der Waals surface area contributed by atoms with Crippen LogP contribution < -0.4 is 5.69 Å². The summed E-state index contributed by atoms with van der Waals surface area (Å²) in [5.74, 6) is 0.742.